The molecular weight excluding hydrogens is 548 g/mol. The van der Waals surface area contributed by atoms with Crippen molar-refractivity contribution >= 4 is 18.2 Å². The van der Waals surface area contributed by atoms with Crippen LogP contribution >= 0.6 is 0 Å². The largest absolute Gasteiger partial charge is 0.464 e. The van der Waals surface area contributed by atoms with Crippen LogP contribution in [0, 0.1) is 34.5 Å². The van der Waals surface area contributed by atoms with Gasteiger partial charge in [0, 0.05) is 23.3 Å². The summed E-state index contributed by atoms with van der Waals surface area (Å²) < 4.78 is 22.1. The number of fused-ring (bicyclic) bond motifs is 5. The van der Waals surface area contributed by atoms with Crippen LogP contribution in [0.4, 0.5) is 0 Å². The molecule has 0 radical (unpaired) electrons. The zero-order chi connectivity index (χ0) is 30.2. The molecular formula is C31H44O11. The second kappa shape index (κ2) is 10.3. The van der Waals surface area contributed by atoms with E-state index in [2.05, 4.69) is 0 Å². The van der Waals surface area contributed by atoms with Gasteiger partial charge in [-0.25, -0.2) is 9.59 Å². The van der Waals surface area contributed by atoms with Gasteiger partial charge in [0.05, 0.1) is 36.6 Å². The van der Waals surface area contributed by atoms with Crippen molar-refractivity contribution in [3.05, 3.63) is 11.6 Å². The summed E-state index contributed by atoms with van der Waals surface area (Å²) in [5.41, 5.74) is -4.28. The van der Waals surface area contributed by atoms with Crippen LogP contribution in [0.1, 0.15) is 72.1 Å². The summed E-state index contributed by atoms with van der Waals surface area (Å²) in [5, 5.41) is 46.4. The number of aldehydes is 1. The molecule has 0 spiro atoms. The summed E-state index contributed by atoms with van der Waals surface area (Å²) in [6, 6.07) is 0. The highest BCUT2D eigenvalue weighted by molar-refractivity contribution is 5.85. The van der Waals surface area contributed by atoms with Crippen LogP contribution in [0.3, 0.4) is 0 Å². The fourth-order valence-electron chi connectivity index (χ4n) is 10.1. The van der Waals surface area contributed by atoms with E-state index in [1.165, 1.54) is 6.08 Å². The topological polar surface area (TPSA) is 169 Å². The molecule has 234 valence electrons. The Kier molecular flexibility index (Phi) is 7.42. The Balaban J connectivity index is 1.24. The summed E-state index contributed by atoms with van der Waals surface area (Å²) in [6.07, 6.45) is 0.886. The molecule has 6 aliphatic rings. The zero-order valence-electron chi connectivity index (χ0n) is 24.6. The molecule has 11 nitrogen and oxygen atoms in total. The Hall–Kier alpha value is -1.89. The molecule has 4 N–H and O–H groups in total. The van der Waals surface area contributed by atoms with Gasteiger partial charge in [0.2, 0.25) is 5.60 Å². The van der Waals surface area contributed by atoms with Crippen molar-refractivity contribution in [2.45, 2.75) is 114 Å². The number of esters is 2. The summed E-state index contributed by atoms with van der Waals surface area (Å²) in [5.74, 6) is -2.23. The Morgan fingerprint density at radius 1 is 1.14 bits per heavy atom. The number of aliphatic hydroxyl groups is 4. The molecule has 11 heteroatoms. The molecule has 0 amide bonds. The lowest BCUT2D eigenvalue weighted by Gasteiger charge is -2.63. The second-order valence-corrected chi connectivity index (χ2v) is 13.9. The first-order chi connectivity index (χ1) is 19.8. The molecule has 6 rings (SSSR count). The van der Waals surface area contributed by atoms with Crippen molar-refractivity contribution in [3.63, 3.8) is 0 Å². The van der Waals surface area contributed by atoms with Crippen molar-refractivity contribution in [3.8, 4) is 0 Å². The van der Waals surface area contributed by atoms with Gasteiger partial charge in [0.15, 0.2) is 6.29 Å². The van der Waals surface area contributed by atoms with E-state index in [1.807, 2.05) is 6.92 Å². The lowest BCUT2D eigenvalue weighted by atomic mass is 9.42. The van der Waals surface area contributed by atoms with Crippen LogP contribution in [0.25, 0.3) is 0 Å². The maximum atomic E-state index is 13.1. The quantitative estimate of drug-likeness (QED) is 0.258. The molecule has 4 saturated carbocycles. The predicted molar refractivity (Wildman–Crippen MR) is 144 cm³/mol. The molecule has 13 atom stereocenters. The van der Waals surface area contributed by atoms with Gasteiger partial charge in [-0.2, -0.15) is 0 Å². The first-order valence-corrected chi connectivity index (χ1v) is 15.5. The van der Waals surface area contributed by atoms with E-state index in [0.29, 0.717) is 38.5 Å². The van der Waals surface area contributed by atoms with Gasteiger partial charge < -0.3 is 44.2 Å². The average Bonchev–Trinajstić information content (AvgIpc) is 3.57. The number of ether oxygens (including phenoxy) is 4. The van der Waals surface area contributed by atoms with Gasteiger partial charge in [-0.3, -0.25) is 0 Å². The monoisotopic (exact) mass is 592 g/mol. The van der Waals surface area contributed by atoms with Crippen molar-refractivity contribution in [1.29, 1.82) is 0 Å². The fourth-order valence-corrected chi connectivity index (χ4v) is 10.1. The Labute approximate surface area is 245 Å². The lowest BCUT2D eigenvalue weighted by molar-refractivity contribution is -0.267. The number of hydrogen-bond donors (Lipinski definition) is 4. The number of aliphatic hydroxyl groups excluding tert-OH is 2. The van der Waals surface area contributed by atoms with E-state index >= 15 is 0 Å². The molecule has 0 aromatic heterocycles. The third kappa shape index (κ3) is 4.10. The summed E-state index contributed by atoms with van der Waals surface area (Å²) in [7, 11) is 0. The van der Waals surface area contributed by atoms with Crippen LogP contribution in [0.2, 0.25) is 0 Å². The molecule has 0 aromatic rings. The van der Waals surface area contributed by atoms with Gasteiger partial charge in [-0.15, -0.1) is 0 Å². The van der Waals surface area contributed by atoms with E-state index in [9.17, 15) is 34.8 Å². The SMILES string of the molecule is CCOC(=O)C1(O)CC(C)OC1OC1CC2CCC3C(CCC4(C)C(C5=CC(=O)OC5)CC(O)C34O)C2(C=O)CC1O. The normalized spacial score (nSPS) is 51.6. The van der Waals surface area contributed by atoms with Crippen LogP contribution < -0.4 is 0 Å². The first-order valence-electron chi connectivity index (χ1n) is 15.5. The minimum atomic E-state index is -2.00. The van der Waals surface area contributed by atoms with E-state index in [-0.39, 0.29) is 49.7 Å². The van der Waals surface area contributed by atoms with Crippen LogP contribution in [0.5, 0.6) is 0 Å². The predicted octanol–water partition coefficient (Wildman–Crippen LogP) is 1.18. The molecule has 4 aliphatic carbocycles. The van der Waals surface area contributed by atoms with Crippen molar-refractivity contribution in [1.82, 2.24) is 0 Å². The number of cyclic esters (lactones) is 1. The van der Waals surface area contributed by atoms with Crippen molar-refractivity contribution in [2.75, 3.05) is 13.2 Å². The second-order valence-electron chi connectivity index (χ2n) is 13.9. The molecule has 1 saturated heterocycles. The molecule has 0 bridgehead atoms. The average molecular weight is 593 g/mol. The summed E-state index contributed by atoms with van der Waals surface area (Å²) >= 11 is 0. The van der Waals surface area contributed by atoms with Gasteiger partial charge >= 0.3 is 11.9 Å². The summed E-state index contributed by atoms with van der Waals surface area (Å²) in [4.78, 5) is 37.5. The minimum absolute atomic E-state index is 0.00261. The van der Waals surface area contributed by atoms with Gasteiger partial charge in [0.25, 0.3) is 0 Å². The fraction of sp³-hybridized carbons (Fsp3) is 0.839. The molecule has 13 unspecified atom stereocenters. The highest BCUT2D eigenvalue weighted by atomic mass is 16.7. The first kappa shape index (κ1) is 30.1. The highest BCUT2D eigenvalue weighted by Gasteiger charge is 2.72. The smallest absolute Gasteiger partial charge is 0.343 e. The Bertz CT molecular complexity index is 1160. The van der Waals surface area contributed by atoms with Crippen LogP contribution in [0.15, 0.2) is 11.6 Å². The lowest BCUT2D eigenvalue weighted by Crippen LogP contribution is -2.67. The highest BCUT2D eigenvalue weighted by Crippen LogP contribution is 2.69. The Morgan fingerprint density at radius 2 is 1.90 bits per heavy atom. The molecule has 2 heterocycles. The third-order valence-electron chi connectivity index (χ3n) is 12.1. The number of carbonyl (C=O) groups excluding carboxylic acids is 3. The Morgan fingerprint density at radius 3 is 2.57 bits per heavy atom. The standard InChI is InChI=1S/C31H44O11/c1-4-39-26(36)30(37)12-16(2)41-27(30)42-23-10-18-5-6-20-19(29(18,15-32)13-22(23)33)7-8-28(3)21(11-24(34)31(20,28)38)17-9-25(35)40-14-17/h9,15-16,18-24,27,33-34,37-38H,4-8,10-14H2,1-3H3. The minimum Gasteiger partial charge on any atom is -0.464 e. The number of carbonyl (C=O) groups is 3. The third-order valence-corrected chi connectivity index (χ3v) is 12.1. The molecule has 2 aliphatic heterocycles. The number of hydrogen-bond acceptors (Lipinski definition) is 11. The van der Waals surface area contributed by atoms with Gasteiger partial charge in [-0.1, -0.05) is 6.92 Å². The molecule has 0 aromatic carbocycles. The summed E-state index contributed by atoms with van der Waals surface area (Å²) in [6.45, 7) is 5.61. The van der Waals surface area contributed by atoms with E-state index in [1.54, 1.807) is 13.8 Å². The van der Waals surface area contributed by atoms with Gasteiger partial charge in [-0.05, 0) is 88.0 Å². The van der Waals surface area contributed by atoms with E-state index < -0.39 is 64.7 Å². The zero-order valence-corrected chi connectivity index (χ0v) is 24.6. The number of rotatable bonds is 6. The van der Waals surface area contributed by atoms with E-state index in [4.69, 9.17) is 18.9 Å². The molecule has 5 fully saturated rings. The van der Waals surface area contributed by atoms with Crippen molar-refractivity contribution in [2.24, 2.45) is 34.5 Å². The van der Waals surface area contributed by atoms with Gasteiger partial charge in [0.1, 0.15) is 12.9 Å². The maximum Gasteiger partial charge on any atom is 0.343 e. The van der Waals surface area contributed by atoms with Crippen molar-refractivity contribution < 1.29 is 53.8 Å². The van der Waals surface area contributed by atoms with Crippen LogP contribution in [-0.4, -0.2) is 93.8 Å². The van der Waals surface area contributed by atoms with Crippen LogP contribution in [-0.2, 0) is 33.3 Å². The maximum absolute atomic E-state index is 13.1. The van der Waals surface area contributed by atoms with E-state index in [0.717, 1.165) is 11.9 Å². The molecule has 42 heavy (non-hydrogen) atoms.